The lowest BCUT2D eigenvalue weighted by molar-refractivity contribution is 0.407. The highest BCUT2D eigenvalue weighted by Gasteiger charge is 2.02. The van der Waals surface area contributed by atoms with Crippen molar-refractivity contribution < 1.29 is 4.74 Å². The molecular weight excluding hydrogens is 228 g/mol. The van der Waals surface area contributed by atoms with Crippen LogP contribution in [-0.2, 0) is 20.0 Å². The monoisotopic (exact) mass is 246 g/mol. The predicted octanol–water partition coefficient (Wildman–Crippen LogP) is 1.16. The van der Waals surface area contributed by atoms with E-state index in [1.807, 2.05) is 25.2 Å². The van der Waals surface area contributed by atoms with Gasteiger partial charge in [0.2, 0.25) is 0 Å². The van der Waals surface area contributed by atoms with Gasteiger partial charge < -0.3 is 10.1 Å². The van der Waals surface area contributed by atoms with E-state index in [0.717, 1.165) is 36.6 Å². The van der Waals surface area contributed by atoms with Gasteiger partial charge in [-0.05, 0) is 6.07 Å². The minimum Gasteiger partial charge on any atom is -0.496 e. The molecular formula is C13H18N4O. The van der Waals surface area contributed by atoms with Gasteiger partial charge in [0.15, 0.2) is 5.82 Å². The Balaban J connectivity index is 1.78. The summed E-state index contributed by atoms with van der Waals surface area (Å²) >= 11 is 0. The molecule has 0 amide bonds. The van der Waals surface area contributed by atoms with Crippen LogP contribution >= 0.6 is 0 Å². The van der Waals surface area contributed by atoms with Gasteiger partial charge in [0.05, 0.1) is 7.11 Å². The summed E-state index contributed by atoms with van der Waals surface area (Å²) in [4.78, 5) is 4.18. The Morgan fingerprint density at radius 3 is 2.89 bits per heavy atom. The number of hydrogen-bond donors (Lipinski definition) is 1. The van der Waals surface area contributed by atoms with Crippen molar-refractivity contribution >= 4 is 0 Å². The van der Waals surface area contributed by atoms with E-state index in [2.05, 4.69) is 21.5 Å². The third-order valence-electron chi connectivity index (χ3n) is 2.68. The average molecular weight is 246 g/mol. The molecule has 1 aromatic carbocycles. The Morgan fingerprint density at radius 2 is 2.17 bits per heavy atom. The topological polar surface area (TPSA) is 52.0 Å². The number of aromatic nitrogens is 3. The molecule has 18 heavy (non-hydrogen) atoms. The smallest absolute Gasteiger partial charge is 0.151 e. The molecule has 96 valence electrons. The molecule has 5 nitrogen and oxygen atoms in total. The van der Waals surface area contributed by atoms with Crippen molar-refractivity contribution in [1.82, 2.24) is 20.1 Å². The van der Waals surface area contributed by atoms with Crippen LogP contribution in [0, 0.1) is 0 Å². The van der Waals surface area contributed by atoms with Crippen LogP contribution in [0.25, 0.3) is 0 Å². The van der Waals surface area contributed by atoms with E-state index in [9.17, 15) is 0 Å². The van der Waals surface area contributed by atoms with E-state index in [1.165, 1.54) is 0 Å². The fraction of sp³-hybridized carbons (Fsp3) is 0.385. The first kappa shape index (κ1) is 12.6. The standard InChI is InChI=1S/C13H18N4O/c1-17-10-15-13(16-17)7-8-14-9-11-5-3-4-6-12(11)18-2/h3-6,10,14H,7-9H2,1-2H3. The van der Waals surface area contributed by atoms with Gasteiger partial charge in [0.25, 0.3) is 0 Å². The molecule has 0 aliphatic carbocycles. The Morgan fingerprint density at radius 1 is 1.33 bits per heavy atom. The number of para-hydroxylation sites is 1. The minimum absolute atomic E-state index is 0.789. The molecule has 2 aromatic rings. The van der Waals surface area contributed by atoms with Crippen LogP contribution in [0.2, 0.25) is 0 Å². The van der Waals surface area contributed by atoms with E-state index < -0.39 is 0 Å². The Bertz CT molecular complexity index is 495. The fourth-order valence-corrected chi connectivity index (χ4v) is 1.77. The van der Waals surface area contributed by atoms with Crippen LogP contribution in [0.3, 0.4) is 0 Å². The lowest BCUT2D eigenvalue weighted by Gasteiger charge is -2.08. The largest absolute Gasteiger partial charge is 0.496 e. The zero-order valence-corrected chi connectivity index (χ0v) is 10.8. The second-order valence-corrected chi connectivity index (χ2v) is 4.07. The van der Waals surface area contributed by atoms with Gasteiger partial charge in [-0.25, -0.2) is 4.98 Å². The maximum absolute atomic E-state index is 5.30. The van der Waals surface area contributed by atoms with Crippen molar-refractivity contribution in [2.24, 2.45) is 7.05 Å². The molecule has 0 saturated carbocycles. The van der Waals surface area contributed by atoms with Crippen molar-refractivity contribution in [3.63, 3.8) is 0 Å². The third-order valence-corrected chi connectivity index (χ3v) is 2.68. The predicted molar refractivity (Wildman–Crippen MR) is 69.4 cm³/mol. The first-order valence-electron chi connectivity index (χ1n) is 5.96. The molecule has 0 aliphatic heterocycles. The molecule has 0 radical (unpaired) electrons. The molecule has 2 rings (SSSR count). The summed E-state index contributed by atoms with van der Waals surface area (Å²) in [6, 6.07) is 8.02. The van der Waals surface area contributed by atoms with Crippen molar-refractivity contribution in [1.29, 1.82) is 0 Å². The summed E-state index contributed by atoms with van der Waals surface area (Å²) < 4.78 is 7.01. The zero-order chi connectivity index (χ0) is 12.8. The molecule has 1 N–H and O–H groups in total. The van der Waals surface area contributed by atoms with Crippen molar-refractivity contribution in [2.75, 3.05) is 13.7 Å². The van der Waals surface area contributed by atoms with Crippen LogP contribution in [-0.4, -0.2) is 28.4 Å². The maximum Gasteiger partial charge on any atom is 0.151 e. The molecule has 0 atom stereocenters. The van der Waals surface area contributed by atoms with Gasteiger partial charge in [-0.1, -0.05) is 18.2 Å². The number of rotatable bonds is 6. The molecule has 0 saturated heterocycles. The van der Waals surface area contributed by atoms with Gasteiger partial charge >= 0.3 is 0 Å². The number of benzene rings is 1. The fourth-order valence-electron chi connectivity index (χ4n) is 1.77. The second-order valence-electron chi connectivity index (χ2n) is 4.07. The SMILES string of the molecule is COc1ccccc1CNCCc1ncn(C)n1. The van der Waals surface area contributed by atoms with Crippen molar-refractivity contribution in [3.8, 4) is 5.75 Å². The van der Waals surface area contributed by atoms with Crippen LogP contribution in [0.5, 0.6) is 5.75 Å². The van der Waals surface area contributed by atoms with E-state index in [0.29, 0.717) is 0 Å². The summed E-state index contributed by atoms with van der Waals surface area (Å²) in [5.74, 6) is 1.78. The van der Waals surface area contributed by atoms with Crippen molar-refractivity contribution in [2.45, 2.75) is 13.0 Å². The zero-order valence-electron chi connectivity index (χ0n) is 10.8. The first-order chi connectivity index (χ1) is 8.79. The van der Waals surface area contributed by atoms with Crippen molar-refractivity contribution in [3.05, 3.63) is 42.0 Å². The maximum atomic E-state index is 5.30. The average Bonchev–Trinajstić information content (AvgIpc) is 2.81. The molecule has 5 heteroatoms. The molecule has 0 spiro atoms. The van der Waals surface area contributed by atoms with E-state index in [1.54, 1.807) is 18.1 Å². The number of nitrogens with one attached hydrogen (secondary N) is 1. The van der Waals surface area contributed by atoms with Crippen LogP contribution in [0.15, 0.2) is 30.6 Å². The highest BCUT2D eigenvalue weighted by molar-refractivity contribution is 5.32. The van der Waals surface area contributed by atoms with E-state index in [-0.39, 0.29) is 0 Å². The molecule has 0 bridgehead atoms. The van der Waals surface area contributed by atoms with Crippen LogP contribution in [0.4, 0.5) is 0 Å². The highest BCUT2D eigenvalue weighted by Crippen LogP contribution is 2.16. The van der Waals surface area contributed by atoms with Gasteiger partial charge in [0.1, 0.15) is 12.1 Å². The first-order valence-corrected chi connectivity index (χ1v) is 5.96. The molecule has 1 aromatic heterocycles. The summed E-state index contributed by atoms with van der Waals surface area (Å²) in [5.41, 5.74) is 1.16. The van der Waals surface area contributed by atoms with E-state index >= 15 is 0 Å². The van der Waals surface area contributed by atoms with Gasteiger partial charge in [-0.2, -0.15) is 5.10 Å². The quantitative estimate of drug-likeness (QED) is 0.777. The highest BCUT2D eigenvalue weighted by atomic mass is 16.5. The number of ether oxygens (including phenoxy) is 1. The molecule has 1 heterocycles. The summed E-state index contributed by atoms with van der Waals surface area (Å²) in [6.45, 7) is 1.64. The van der Waals surface area contributed by atoms with Crippen LogP contribution < -0.4 is 10.1 Å². The van der Waals surface area contributed by atoms with Crippen LogP contribution in [0.1, 0.15) is 11.4 Å². The number of aryl methyl sites for hydroxylation is 1. The Hall–Kier alpha value is -1.88. The molecule has 0 aliphatic rings. The van der Waals surface area contributed by atoms with Gasteiger partial charge in [-0.3, -0.25) is 4.68 Å². The second kappa shape index (κ2) is 6.16. The van der Waals surface area contributed by atoms with E-state index in [4.69, 9.17) is 4.74 Å². The number of nitrogens with zero attached hydrogens (tertiary/aromatic N) is 3. The Kier molecular flexibility index (Phi) is 4.30. The normalized spacial score (nSPS) is 10.6. The number of hydrogen-bond acceptors (Lipinski definition) is 4. The molecule has 0 unspecified atom stereocenters. The Labute approximate surface area is 107 Å². The number of methoxy groups -OCH3 is 1. The van der Waals surface area contributed by atoms with Gasteiger partial charge in [-0.15, -0.1) is 0 Å². The summed E-state index contributed by atoms with van der Waals surface area (Å²) in [7, 11) is 3.56. The summed E-state index contributed by atoms with van der Waals surface area (Å²) in [5, 5.41) is 7.59. The lowest BCUT2D eigenvalue weighted by Crippen LogP contribution is -2.17. The lowest BCUT2D eigenvalue weighted by atomic mass is 10.2. The molecule has 0 fully saturated rings. The minimum atomic E-state index is 0.789. The van der Waals surface area contributed by atoms with Gasteiger partial charge in [0, 0.05) is 32.1 Å². The summed E-state index contributed by atoms with van der Waals surface area (Å²) in [6.07, 6.45) is 2.55. The third kappa shape index (κ3) is 3.30.